The molecule has 2 aliphatic rings. The minimum Gasteiger partial charge on any atom is -0.460 e. The molecule has 1 N–H and O–H groups in total. The maximum absolute atomic E-state index is 12.7. The van der Waals surface area contributed by atoms with Crippen LogP contribution in [0.1, 0.15) is 37.7 Å². The average molecular weight is 360 g/mol. The molecule has 2 aliphatic heterocycles. The molecular formula is C18H20N2O6. The van der Waals surface area contributed by atoms with Crippen molar-refractivity contribution in [3.8, 4) is 0 Å². The Labute approximate surface area is 150 Å². The van der Waals surface area contributed by atoms with Crippen molar-refractivity contribution in [2.24, 2.45) is 0 Å². The smallest absolute Gasteiger partial charge is 0.336 e. The first-order chi connectivity index (χ1) is 12.5. The molecule has 0 spiro atoms. The van der Waals surface area contributed by atoms with Crippen LogP contribution in [0.5, 0.6) is 0 Å². The predicted octanol–water partition coefficient (Wildman–Crippen LogP) is 2.19. The van der Waals surface area contributed by atoms with Crippen LogP contribution >= 0.6 is 0 Å². The van der Waals surface area contributed by atoms with Gasteiger partial charge in [-0.25, -0.2) is 4.79 Å². The van der Waals surface area contributed by atoms with E-state index in [9.17, 15) is 19.7 Å². The Morgan fingerprint density at radius 2 is 2.19 bits per heavy atom. The van der Waals surface area contributed by atoms with Gasteiger partial charge in [0.2, 0.25) is 5.91 Å². The molecule has 138 valence electrons. The van der Waals surface area contributed by atoms with E-state index < -0.39 is 16.8 Å². The fraction of sp³-hybridized carbons (Fsp3) is 0.444. The molecule has 2 atom stereocenters. The number of ether oxygens (including phenoxy) is 2. The van der Waals surface area contributed by atoms with Crippen molar-refractivity contribution >= 4 is 17.6 Å². The lowest BCUT2D eigenvalue weighted by Crippen LogP contribution is -2.35. The molecule has 0 unspecified atom stereocenters. The number of amides is 1. The van der Waals surface area contributed by atoms with Gasteiger partial charge in [-0.05, 0) is 19.8 Å². The summed E-state index contributed by atoms with van der Waals surface area (Å²) in [6.07, 6.45) is 1.59. The first kappa shape index (κ1) is 18.1. The molecule has 1 aromatic rings. The van der Waals surface area contributed by atoms with E-state index in [1.807, 2.05) is 0 Å². The highest BCUT2D eigenvalue weighted by molar-refractivity contribution is 5.96. The van der Waals surface area contributed by atoms with Crippen molar-refractivity contribution in [1.82, 2.24) is 5.32 Å². The molecule has 0 saturated carbocycles. The highest BCUT2D eigenvalue weighted by Gasteiger charge is 2.36. The van der Waals surface area contributed by atoms with Crippen LogP contribution in [-0.4, -0.2) is 36.1 Å². The van der Waals surface area contributed by atoms with Gasteiger partial charge in [-0.2, -0.15) is 0 Å². The summed E-state index contributed by atoms with van der Waals surface area (Å²) in [7, 11) is 0. The largest absolute Gasteiger partial charge is 0.460 e. The van der Waals surface area contributed by atoms with Crippen LogP contribution in [0.25, 0.3) is 0 Å². The summed E-state index contributed by atoms with van der Waals surface area (Å²) >= 11 is 0. The van der Waals surface area contributed by atoms with Crippen LogP contribution in [-0.2, 0) is 19.1 Å². The van der Waals surface area contributed by atoms with E-state index in [4.69, 9.17) is 9.47 Å². The predicted molar refractivity (Wildman–Crippen MR) is 91.2 cm³/mol. The number of allylic oxidation sites excluding steroid dienone is 1. The Balaban J connectivity index is 1.89. The van der Waals surface area contributed by atoms with E-state index in [0.717, 1.165) is 12.8 Å². The first-order valence-corrected chi connectivity index (χ1v) is 8.50. The standard InChI is InChI=1S/C18H20N2O6/c1-11-17(18(22)26-10-12-5-4-8-25-12)14(9-16(21)19-11)13-6-2-3-7-15(13)20(23)24/h2-3,6-7,12,14H,4-5,8-10H2,1H3,(H,19,21)/t12-,14+/m1/s1. The molecule has 1 aromatic carbocycles. The second-order valence-electron chi connectivity index (χ2n) is 6.39. The van der Waals surface area contributed by atoms with Gasteiger partial charge in [-0.1, -0.05) is 18.2 Å². The molecule has 0 radical (unpaired) electrons. The zero-order valence-electron chi connectivity index (χ0n) is 14.4. The number of carbonyl (C=O) groups is 2. The molecular weight excluding hydrogens is 340 g/mol. The van der Waals surface area contributed by atoms with Gasteiger partial charge in [0.15, 0.2) is 0 Å². The van der Waals surface area contributed by atoms with Crippen LogP contribution in [0.3, 0.4) is 0 Å². The quantitative estimate of drug-likeness (QED) is 0.490. The van der Waals surface area contributed by atoms with Gasteiger partial charge in [0.05, 0.1) is 16.6 Å². The SMILES string of the molecule is CC1=C(C(=O)OC[C@H]2CCCO2)[C@H](c2ccccc2[N+](=O)[O-])CC(=O)N1. The van der Waals surface area contributed by atoms with Gasteiger partial charge in [0.1, 0.15) is 6.61 Å². The van der Waals surface area contributed by atoms with Gasteiger partial charge < -0.3 is 14.8 Å². The molecule has 0 aromatic heterocycles. The molecule has 26 heavy (non-hydrogen) atoms. The van der Waals surface area contributed by atoms with Crippen molar-refractivity contribution < 1.29 is 24.0 Å². The lowest BCUT2D eigenvalue weighted by molar-refractivity contribution is -0.385. The number of carbonyl (C=O) groups excluding carboxylic acids is 2. The number of hydrogen-bond donors (Lipinski definition) is 1. The topological polar surface area (TPSA) is 108 Å². The summed E-state index contributed by atoms with van der Waals surface area (Å²) < 4.78 is 10.8. The monoisotopic (exact) mass is 360 g/mol. The average Bonchev–Trinajstić information content (AvgIpc) is 3.12. The summed E-state index contributed by atoms with van der Waals surface area (Å²) in [4.78, 5) is 35.5. The lowest BCUT2D eigenvalue weighted by atomic mass is 9.83. The molecule has 1 amide bonds. The van der Waals surface area contributed by atoms with Crippen molar-refractivity contribution in [2.45, 2.75) is 38.2 Å². The molecule has 0 bridgehead atoms. The lowest BCUT2D eigenvalue weighted by Gasteiger charge is -2.26. The summed E-state index contributed by atoms with van der Waals surface area (Å²) in [6.45, 7) is 2.38. The molecule has 1 saturated heterocycles. The van der Waals surface area contributed by atoms with Gasteiger partial charge in [-0.15, -0.1) is 0 Å². The number of hydrogen-bond acceptors (Lipinski definition) is 6. The Bertz CT molecular complexity index is 767. The van der Waals surface area contributed by atoms with Crippen LogP contribution in [0, 0.1) is 10.1 Å². The normalized spacial score (nSPS) is 22.9. The highest BCUT2D eigenvalue weighted by Crippen LogP contribution is 2.38. The Morgan fingerprint density at radius 1 is 1.42 bits per heavy atom. The van der Waals surface area contributed by atoms with Crippen LogP contribution < -0.4 is 5.32 Å². The van der Waals surface area contributed by atoms with Gasteiger partial charge in [0, 0.05) is 36.3 Å². The van der Waals surface area contributed by atoms with Gasteiger partial charge in [0.25, 0.3) is 5.69 Å². The maximum atomic E-state index is 12.7. The summed E-state index contributed by atoms with van der Waals surface area (Å²) in [5.74, 6) is -1.59. The molecule has 3 rings (SSSR count). The number of benzene rings is 1. The van der Waals surface area contributed by atoms with Crippen LogP contribution in [0.15, 0.2) is 35.5 Å². The van der Waals surface area contributed by atoms with Crippen molar-refractivity contribution in [3.05, 3.63) is 51.2 Å². The van der Waals surface area contributed by atoms with E-state index in [0.29, 0.717) is 17.9 Å². The second kappa shape index (κ2) is 7.65. The Morgan fingerprint density at radius 3 is 2.88 bits per heavy atom. The molecule has 8 nitrogen and oxygen atoms in total. The molecule has 0 aliphatic carbocycles. The fourth-order valence-corrected chi connectivity index (χ4v) is 3.41. The zero-order valence-corrected chi connectivity index (χ0v) is 14.4. The minimum atomic E-state index is -0.720. The van der Waals surface area contributed by atoms with E-state index >= 15 is 0 Å². The fourth-order valence-electron chi connectivity index (χ4n) is 3.41. The minimum absolute atomic E-state index is 0.0491. The number of rotatable bonds is 5. The number of nitrogens with one attached hydrogen (secondary N) is 1. The number of esters is 1. The van der Waals surface area contributed by atoms with Gasteiger partial charge in [-0.3, -0.25) is 14.9 Å². The third-order valence-corrected chi connectivity index (χ3v) is 4.62. The van der Waals surface area contributed by atoms with E-state index in [-0.39, 0.29) is 36.3 Å². The van der Waals surface area contributed by atoms with Gasteiger partial charge >= 0.3 is 5.97 Å². The number of nitrogens with zero attached hydrogens (tertiary/aromatic N) is 1. The van der Waals surface area contributed by atoms with E-state index in [1.165, 1.54) is 6.07 Å². The molecule has 2 heterocycles. The maximum Gasteiger partial charge on any atom is 0.336 e. The number of nitro benzene ring substituents is 1. The van der Waals surface area contributed by atoms with Crippen molar-refractivity contribution in [2.75, 3.05) is 13.2 Å². The van der Waals surface area contributed by atoms with E-state index in [1.54, 1.807) is 25.1 Å². The van der Waals surface area contributed by atoms with Crippen molar-refractivity contribution in [3.63, 3.8) is 0 Å². The molecule has 1 fully saturated rings. The highest BCUT2D eigenvalue weighted by atomic mass is 16.6. The summed E-state index contributed by atoms with van der Waals surface area (Å²) in [5, 5.41) is 14.0. The summed E-state index contributed by atoms with van der Waals surface area (Å²) in [6, 6.07) is 6.14. The third kappa shape index (κ3) is 3.75. The first-order valence-electron chi connectivity index (χ1n) is 8.50. The number of para-hydroxylation sites is 1. The Hall–Kier alpha value is -2.74. The Kier molecular flexibility index (Phi) is 5.32. The van der Waals surface area contributed by atoms with E-state index in [2.05, 4.69) is 5.32 Å². The third-order valence-electron chi connectivity index (χ3n) is 4.62. The van der Waals surface area contributed by atoms with Crippen LogP contribution in [0.2, 0.25) is 0 Å². The van der Waals surface area contributed by atoms with Crippen molar-refractivity contribution in [1.29, 1.82) is 0 Å². The summed E-state index contributed by atoms with van der Waals surface area (Å²) in [5.41, 5.74) is 0.818. The number of nitro groups is 1. The second-order valence-corrected chi connectivity index (χ2v) is 6.39. The molecule has 8 heteroatoms. The van der Waals surface area contributed by atoms with Crippen LogP contribution in [0.4, 0.5) is 5.69 Å². The zero-order chi connectivity index (χ0) is 18.7.